The standard InChI is InChI=1S/C20H24N4O/c1-15-12-18(22-14-21-15)24-10-8-20(9-11-24)13-17(19(25)23(20)2)16-6-4-3-5-7-16/h3-7,12,14,17H,8-11,13H2,1-2H3/t17-/m0/s1. The predicted molar refractivity (Wildman–Crippen MR) is 97.5 cm³/mol. The number of hydrogen-bond acceptors (Lipinski definition) is 4. The molecule has 1 amide bonds. The number of amides is 1. The Kier molecular flexibility index (Phi) is 3.94. The van der Waals surface area contributed by atoms with Gasteiger partial charge in [0.1, 0.15) is 12.1 Å². The highest BCUT2D eigenvalue weighted by molar-refractivity contribution is 5.87. The number of hydrogen-bond donors (Lipinski definition) is 0. The van der Waals surface area contributed by atoms with Gasteiger partial charge in [-0.15, -0.1) is 0 Å². The lowest BCUT2D eigenvalue weighted by atomic mass is 9.81. The Morgan fingerprint density at radius 2 is 1.84 bits per heavy atom. The van der Waals surface area contributed by atoms with Crippen molar-refractivity contribution in [1.29, 1.82) is 0 Å². The molecule has 0 unspecified atom stereocenters. The van der Waals surface area contributed by atoms with Gasteiger partial charge in [-0.1, -0.05) is 30.3 Å². The zero-order valence-corrected chi connectivity index (χ0v) is 14.9. The molecule has 2 aliphatic heterocycles. The van der Waals surface area contributed by atoms with Gasteiger partial charge in [-0.25, -0.2) is 9.97 Å². The van der Waals surface area contributed by atoms with Crippen LogP contribution in [0, 0.1) is 6.92 Å². The van der Waals surface area contributed by atoms with Gasteiger partial charge in [-0.2, -0.15) is 0 Å². The van der Waals surface area contributed by atoms with E-state index in [9.17, 15) is 4.79 Å². The molecule has 5 heteroatoms. The van der Waals surface area contributed by atoms with E-state index in [-0.39, 0.29) is 17.4 Å². The predicted octanol–water partition coefficient (Wildman–Crippen LogP) is 2.77. The molecule has 1 spiro atoms. The van der Waals surface area contributed by atoms with Crippen molar-refractivity contribution in [2.45, 2.75) is 37.6 Å². The molecule has 0 aliphatic carbocycles. The van der Waals surface area contributed by atoms with Crippen LogP contribution in [0.15, 0.2) is 42.7 Å². The smallest absolute Gasteiger partial charge is 0.230 e. The number of nitrogens with zero attached hydrogens (tertiary/aromatic N) is 4. The largest absolute Gasteiger partial charge is 0.356 e. The number of aryl methyl sites for hydroxylation is 1. The van der Waals surface area contributed by atoms with Gasteiger partial charge in [-0.3, -0.25) is 4.79 Å². The van der Waals surface area contributed by atoms with E-state index in [1.165, 1.54) is 0 Å². The maximum absolute atomic E-state index is 12.9. The molecule has 0 bridgehead atoms. The lowest BCUT2D eigenvalue weighted by Gasteiger charge is -2.43. The third kappa shape index (κ3) is 2.77. The number of likely N-dealkylation sites (N-methyl/N-ethyl adjacent to an activating group) is 1. The molecule has 0 saturated carbocycles. The maximum atomic E-state index is 12.9. The number of anilines is 1. The van der Waals surface area contributed by atoms with Crippen molar-refractivity contribution in [2.75, 3.05) is 25.0 Å². The SMILES string of the molecule is Cc1cc(N2CCC3(CC2)C[C@@H](c2ccccc2)C(=O)N3C)ncn1. The first-order valence-corrected chi connectivity index (χ1v) is 8.95. The molecule has 1 aromatic heterocycles. The fraction of sp³-hybridized carbons (Fsp3) is 0.450. The summed E-state index contributed by atoms with van der Waals surface area (Å²) in [6.45, 7) is 3.84. The van der Waals surface area contributed by atoms with Crippen LogP contribution < -0.4 is 4.90 Å². The summed E-state index contributed by atoms with van der Waals surface area (Å²) in [5.41, 5.74) is 2.11. The van der Waals surface area contributed by atoms with Gasteiger partial charge >= 0.3 is 0 Å². The number of aromatic nitrogens is 2. The highest BCUT2D eigenvalue weighted by Gasteiger charge is 2.50. The van der Waals surface area contributed by atoms with Gasteiger partial charge in [0.05, 0.1) is 5.92 Å². The van der Waals surface area contributed by atoms with Crippen LogP contribution in [-0.2, 0) is 4.79 Å². The van der Waals surface area contributed by atoms with Crippen molar-refractivity contribution >= 4 is 11.7 Å². The lowest BCUT2D eigenvalue weighted by molar-refractivity contribution is -0.131. The molecule has 0 radical (unpaired) electrons. The fourth-order valence-electron chi connectivity index (χ4n) is 4.32. The normalized spacial score (nSPS) is 22.6. The molecule has 3 heterocycles. The first-order valence-electron chi connectivity index (χ1n) is 8.95. The third-order valence-electron chi connectivity index (χ3n) is 5.93. The molecular formula is C20H24N4O. The van der Waals surface area contributed by atoms with Gasteiger partial charge in [0.25, 0.3) is 0 Å². The van der Waals surface area contributed by atoms with Gasteiger partial charge in [-0.05, 0) is 31.7 Å². The van der Waals surface area contributed by atoms with Gasteiger partial charge in [0.15, 0.2) is 0 Å². The highest BCUT2D eigenvalue weighted by Crippen LogP contribution is 2.45. The van der Waals surface area contributed by atoms with E-state index in [0.717, 1.165) is 49.4 Å². The average molecular weight is 336 g/mol. The number of piperidine rings is 1. The van der Waals surface area contributed by atoms with E-state index in [0.29, 0.717) is 0 Å². The van der Waals surface area contributed by atoms with Crippen LogP contribution in [0.3, 0.4) is 0 Å². The molecule has 5 nitrogen and oxygen atoms in total. The topological polar surface area (TPSA) is 49.3 Å². The summed E-state index contributed by atoms with van der Waals surface area (Å²) < 4.78 is 0. The Labute approximate surface area is 148 Å². The number of rotatable bonds is 2. The van der Waals surface area contributed by atoms with Crippen molar-refractivity contribution < 1.29 is 4.79 Å². The van der Waals surface area contributed by atoms with Crippen LogP contribution in [0.5, 0.6) is 0 Å². The van der Waals surface area contributed by atoms with E-state index < -0.39 is 0 Å². The number of carbonyl (C=O) groups is 1. The Bertz CT molecular complexity index is 768. The number of carbonyl (C=O) groups excluding carboxylic acids is 1. The summed E-state index contributed by atoms with van der Waals surface area (Å²) in [6.07, 6.45) is 4.53. The summed E-state index contributed by atoms with van der Waals surface area (Å²) in [6, 6.07) is 12.2. The Morgan fingerprint density at radius 3 is 2.52 bits per heavy atom. The highest BCUT2D eigenvalue weighted by atomic mass is 16.2. The van der Waals surface area contributed by atoms with Crippen LogP contribution in [-0.4, -0.2) is 46.5 Å². The Morgan fingerprint density at radius 1 is 1.12 bits per heavy atom. The minimum absolute atomic E-state index is 0.000885. The summed E-state index contributed by atoms with van der Waals surface area (Å²) in [4.78, 5) is 25.8. The quantitative estimate of drug-likeness (QED) is 0.846. The van der Waals surface area contributed by atoms with Crippen molar-refractivity contribution in [3.63, 3.8) is 0 Å². The number of likely N-dealkylation sites (tertiary alicyclic amines) is 1. The minimum atomic E-state index is -0.0177. The first-order chi connectivity index (χ1) is 12.1. The van der Waals surface area contributed by atoms with E-state index >= 15 is 0 Å². The summed E-state index contributed by atoms with van der Waals surface area (Å²) in [7, 11) is 1.98. The summed E-state index contributed by atoms with van der Waals surface area (Å²) in [5.74, 6) is 1.26. The minimum Gasteiger partial charge on any atom is -0.356 e. The second-order valence-corrected chi connectivity index (χ2v) is 7.29. The van der Waals surface area contributed by atoms with E-state index in [1.807, 2.05) is 43.1 Å². The van der Waals surface area contributed by atoms with Crippen molar-refractivity contribution in [1.82, 2.24) is 14.9 Å². The van der Waals surface area contributed by atoms with Gasteiger partial charge < -0.3 is 9.80 Å². The second kappa shape index (κ2) is 6.14. The number of benzene rings is 1. The summed E-state index contributed by atoms with van der Waals surface area (Å²) in [5, 5.41) is 0. The van der Waals surface area contributed by atoms with Crippen molar-refractivity contribution in [3.8, 4) is 0 Å². The molecule has 1 aromatic carbocycles. The Balaban J connectivity index is 1.51. The molecule has 2 fully saturated rings. The Hall–Kier alpha value is -2.43. The van der Waals surface area contributed by atoms with E-state index in [4.69, 9.17) is 0 Å². The molecule has 1 atom stereocenters. The average Bonchev–Trinajstić information content (AvgIpc) is 2.89. The van der Waals surface area contributed by atoms with E-state index in [1.54, 1.807) is 6.33 Å². The monoisotopic (exact) mass is 336 g/mol. The van der Waals surface area contributed by atoms with Crippen LogP contribution >= 0.6 is 0 Å². The second-order valence-electron chi connectivity index (χ2n) is 7.29. The van der Waals surface area contributed by atoms with Gasteiger partial charge in [0.2, 0.25) is 5.91 Å². The molecule has 25 heavy (non-hydrogen) atoms. The molecule has 4 rings (SSSR count). The molecule has 2 aromatic rings. The van der Waals surface area contributed by atoms with Crippen molar-refractivity contribution in [3.05, 3.63) is 54.0 Å². The van der Waals surface area contributed by atoms with Gasteiger partial charge in [0, 0.05) is 37.4 Å². The maximum Gasteiger partial charge on any atom is 0.230 e. The molecule has 2 saturated heterocycles. The molecule has 2 aliphatic rings. The zero-order valence-electron chi connectivity index (χ0n) is 14.9. The lowest BCUT2D eigenvalue weighted by Crippen LogP contribution is -2.51. The van der Waals surface area contributed by atoms with Crippen LogP contribution in [0.1, 0.15) is 36.4 Å². The van der Waals surface area contributed by atoms with E-state index in [2.05, 4.69) is 27.0 Å². The first kappa shape index (κ1) is 16.1. The molecule has 130 valence electrons. The fourth-order valence-corrected chi connectivity index (χ4v) is 4.32. The van der Waals surface area contributed by atoms with Crippen LogP contribution in [0.25, 0.3) is 0 Å². The molecular weight excluding hydrogens is 312 g/mol. The third-order valence-corrected chi connectivity index (χ3v) is 5.93. The van der Waals surface area contributed by atoms with Crippen molar-refractivity contribution in [2.24, 2.45) is 0 Å². The molecule has 0 N–H and O–H groups in total. The van der Waals surface area contributed by atoms with Crippen LogP contribution in [0.4, 0.5) is 5.82 Å². The summed E-state index contributed by atoms with van der Waals surface area (Å²) >= 11 is 0. The van der Waals surface area contributed by atoms with Crippen LogP contribution in [0.2, 0.25) is 0 Å². The zero-order chi connectivity index (χ0) is 17.4.